The second kappa shape index (κ2) is 5.40. The molecule has 1 heterocycles. The number of anilines is 3. The first-order valence-corrected chi connectivity index (χ1v) is 6.82. The van der Waals surface area contributed by atoms with Gasteiger partial charge < -0.3 is 10.2 Å². The van der Waals surface area contributed by atoms with Crippen molar-refractivity contribution < 1.29 is 4.79 Å². The van der Waals surface area contributed by atoms with E-state index in [-0.39, 0.29) is 5.78 Å². The van der Waals surface area contributed by atoms with Gasteiger partial charge in [-0.1, -0.05) is 11.3 Å². The lowest BCUT2D eigenvalue weighted by Gasteiger charge is -2.12. The summed E-state index contributed by atoms with van der Waals surface area (Å²) in [6.45, 7) is 3.42. The van der Waals surface area contributed by atoms with Crippen molar-refractivity contribution in [2.75, 3.05) is 24.3 Å². The minimum Gasteiger partial charge on any atom is -0.378 e. The van der Waals surface area contributed by atoms with E-state index in [1.807, 2.05) is 50.2 Å². The van der Waals surface area contributed by atoms with Crippen molar-refractivity contribution in [3.63, 3.8) is 0 Å². The van der Waals surface area contributed by atoms with Crippen molar-refractivity contribution in [1.29, 1.82) is 0 Å². The van der Waals surface area contributed by atoms with Crippen LogP contribution in [0.15, 0.2) is 24.3 Å². The SMILES string of the molecule is CC(=O)c1sc(Nc2ccc(N(C)C)cc2)nc1C. The smallest absolute Gasteiger partial charge is 0.188 e. The van der Waals surface area contributed by atoms with Crippen molar-refractivity contribution in [3.8, 4) is 0 Å². The first kappa shape index (κ1) is 13.5. The van der Waals surface area contributed by atoms with E-state index in [9.17, 15) is 4.79 Å². The molecule has 0 saturated heterocycles. The lowest BCUT2D eigenvalue weighted by Crippen LogP contribution is -2.08. The Kier molecular flexibility index (Phi) is 3.85. The Labute approximate surface area is 117 Å². The van der Waals surface area contributed by atoms with Crippen molar-refractivity contribution >= 4 is 33.6 Å². The second-order valence-electron chi connectivity index (χ2n) is 4.56. The maximum atomic E-state index is 11.4. The van der Waals surface area contributed by atoms with Crippen molar-refractivity contribution in [1.82, 2.24) is 4.98 Å². The molecular formula is C14H17N3OS. The average molecular weight is 275 g/mol. The van der Waals surface area contributed by atoms with E-state index in [0.717, 1.165) is 22.2 Å². The summed E-state index contributed by atoms with van der Waals surface area (Å²) in [5.41, 5.74) is 2.89. The predicted molar refractivity (Wildman–Crippen MR) is 80.9 cm³/mol. The third kappa shape index (κ3) is 3.12. The van der Waals surface area contributed by atoms with Gasteiger partial charge in [0.05, 0.1) is 10.6 Å². The maximum absolute atomic E-state index is 11.4. The molecule has 0 aliphatic heterocycles. The highest BCUT2D eigenvalue weighted by molar-refractivity contribution is 7.17. The van der Waals surface area contributed by atoms with Crippen LogP contribution >= 0.6 is 11.3 Å². The van der Waals surface area contributed by atoms with Gasteiger partial charge >= 0.3 is 0 Å². The predicted octanol–water partition coefficient (Wildman–Crippen LogP) is 3.46. The zero-order chi connectivity index (χ0) is 14.0. The Morgan fingerprint density at radius 2 is 1.89 bits per heavy atom. The third-order valence-electron chi connectivity index (χ3n) is 2.75. The molecule has 1 N–H and O–H groups in total. The van der Waals surface area contributed by atoms with Crippen LogP contribution in [0.1, 0.15) is 22.3 Å². The number of nitrogens with one attached hydrogen (secondary N) is 1. The summed E-state index contributed by atoms with van der Waals surface area (Å²) >= 11 is 1.39. The molecule has 0 radical (unpaired) electrons. The van der Waals surface area contributed by atoms with Crippen LogP contribution in [0.4, 0.5) is 16.5 Å². The Balaban J connectivity index is 2.17. The molecule has 2 rings (SSSR count). The van der Waals surface area contributed by atoms with Crippen LogP contribution in [0.2, 0.25) is 0 Å². The normalized spacial score (nSPS) is 10.3. The highest BCUT2D eigenvalue weighted by Gasteiger charge is 2.11. The van der Waals surface area contributed by atoms with Gasteiger partial charge in [-0.05, 0) is 31.2 Å². The Bertz CT molecular complexity index is 587. The first-order valence-electron chi connectivity index (χ1n) is 6.00. The maximum Gasteiger partial charge on any atom is 0.188 e. The van der Waals surface area contributed by atoms with Gasteiger partial charge in [0.2, 0.25) is 0 Å². The van der Waals surface area contributed by atoms with Gasteiger partial charge in [0.25, 0.3) is 0 Å². The van der Waals surface area contributed by atoms with Crippen molar-refractivity contribution in [2.24, 2.45) is 0 Å². The summed E-state index contributed by atoms with van der Waals surface area (Å²) in [5.74, 6) is 0.0611. The van der Waals surface area contributed by atoms with E-state index >= 15 is 0 Å². The molecule has 1 aromatic carbocycles. The van der Waals surface area contributed by atoms with Gasteiger partial charge in [-0.2, -0.15) is 0 Å². The summed E-state index contributed by atoms with van der Waals surface area (Å²) in [5, 5.41) is 3.97. The number of hydrogen-bond donors (Lipinski definition) is 1. The number of Topliss-reactive ketones (excluding diaryl/α,β-unsaturated/α-hetero) is 1. The van der Waals surface area contributed by atoms with Gasteiger partial charge in [-0.15, -0.1) is 0 Å². The van der Waals surface area contributed by atoms with Crippen molar-refractivity contribution in [2.45, 2.75) is 13.8 Å². The molecule has 0 aliphatic rings. The number of rotatable bonds is 4. The fraction of sp³-hybridized carbons (Fsp3) is 0.286. The van der Waals surface area contributed by atoms with E-state index in [2.05, 4.69) is 10.3 Å². The Morgan fingerprint density at radius 1 is 1.26 bits per heavy atom. The third-order valence-corrected chi connectivity index (χ3v) is 3.93. The molecule has 0 fully saturated rings. The van der Waals surface area contributed by atoms with E-state index in [1.54, 1.807) is 6.92 Å². The molecule has 19 heavy (non-hydrogen) atoms. The van der Waals surface area contributed by atoms with E-state index in [0.29, 0.717) is 4.88 Å². The van der Waals surface area contributed by atoms with Crippen LogP contribution in [0, 0.1) is 6.92 Å². The number of carbonyl (C=O) groups is 1. The highest BCUT2D eigenvalue weighted by atomic mass is 32.1. The quantitative estimate of drug-likeness (QED) is 0.868. The summed E-state index contributed by atoms with van der Waals surface area (Å²) in [6.07, 6.45) is 0. The number of thiazole rings is 1. The van der Waals surface area contributed by atoms with Gasteiger partial charge in [-0.25, -0.2) is 4.98 Å². The number of carbonyl (C=O) groups excluding carboxylic acids is 1. The number of hydrogen-bond acceptors (Lipinski definition) is 5. The van der Waals surface area contributed by atoms with Gasteiger partial charge in [0.1, 0.15) is 0 Å². The van der Waals surface area contributed by atoms with E-state index in [1.165, 1.54) is 11.3 Å². The number of ketones is 1. The molecule has 0 amide bonds. The Morgan fingerprint density at radius 3 is 2.37 bits per heavy atom. The second-order valence-corrected chi connectivity index (χ2v) is 5.56. The highest BCUT2D eigenvalue weighted by Crippen LogP contribution is 2.26. The fourth-order valence-electron chi connectivity index (χ4n) is 1.74. The zero-order valence-electron chi connectivity index (χ0n) is 11.5. The molecule has 0 aliphatic carbocycles. The molecule has 0 unspecified atom stereocenters. The number of nitrogens with zero attached hydrogens (tertiary/aromatic N) is 2. The number of benzene rings is 1. The summed E-state index contributed by atoms with van der Waals surface area (Å²) in [6, 6.07) is 8.07. The number of aryl methyl sites for hydroxylation is 1. The van der Waals surface area contributed by atoms with E-state index < -0.39 is 0 Å². The molecule has 0 bridgehead atoms. The molecule has 5 heteroatoms. The molecule has 4 nitrogen and oxygen atoms in total. The van der Waals surface area contributed by atoms with Crippen LogP contribution in [0.25, 0.3) is 0 Å². The molecule has 0 atom stereocenters. The molecule has 100 valence electrons. The summed E-state index contributed by atoms with van der Waals surface area (Å²) in [4.78, 5) is 18.5. The zero-order valence-corrected chi connectivity index (χ0v) is 12.3. The minimum absolute atomic E-state index is 0.0611. The summed E-state index contributed by atoms with van der Waals surface area (Å²) in [7, 11) is 4.01. The van der Waals surface area contributed by atoms with Crippen LogP contribution in [0.5, 0.6) is 0 Å². The van der Waals surface area contributed by atoms with Crippen molar-refractivity contribution in [3.05, 3.63) is 34.8 Å². The first-order chi connectivity index (χ1) is 8.97. The topological polar surface area (TPSA) is 45.2 Å². The fourth-order valence-corrected chi connectivity index (χ4v) is 2.62. The number of aromatic nitrogens is 1. The average Bonchev–Trinajstić information content (AvgIpc) is 2.71. The Hall–Kier alpha value is -1.88. The molecule has 2 aromatic rings. The minimum atomic E-state index is 0.0611. The van der Waals surface area contributed by atoms with Crippen LogP contribution in [-0.4, -0.2) is 24.9 Å². The van der Waals surface area contributed by atoms with Crippen LogP contribution < -0.4 is 10.2 Å². The largest absolute Gasteiger partial charge is 0.378 e. The van der Waals surface area contributed by atoms with Gasteiger partial charge in [0, 0.05) is 32.4 Å². The standard InChI is InChI=1S/C14H17N3OS/c1-9-13(10(2)18)19-14(15-9)16-11-5-7-12(8-6-11)17(3)4/h5-8H,1-4H3,(H,15,16). The molecule has 0 saturated carbocycles. The summed E-state index contributed by atoms with van der Waals surface area (Å²) < 4.78 is 0. The molecule has 0 spiro atoms. The monoisotopic (exact) mass is 275 g/mol. The lowest BCUT2D eigenvalue weighted by atomic mass is 10.2. The lowest BCUT2D eigenvalue weighted by molar-refractivity contribution is 0.102. The van der Waals surface area contributed by atoms with Gasteiger partial charge in [0.15, 0.2) is 10.9 Å². The van der Waals surface area contributed by atoms with Crippen LogP contribution in [0.3, 0.4) is 0 Å². The van der Waals surface area contributed by atoms with E-state index in [4.69, 9.17) is 0 Å². The molecule has 1 aromatic heterocycles. The van der Waals surface area contributed by atoms with Crippen LogP contribution in [-0.2, 0) is 0 Å². The van der Waals surface area contributed by atoms with Gasteiger partial charge in [-0.3, -0.25) is 4.79 Å². The molecular weight excluding hydrogens is 258 g/mol.